The Kier molecular flexibility index (Phi) is 2.05. The SMILES string of the molecule is NC(=O)c1nc2ccccc2nc1Cl. The van der Waals surface area contributed by atoms with Gasteiger partial charge in [0, 0.05) is 0 Å². The third-order valence-corrected chi connectivity index (χ3v) is 2.02. The second-order valence-electron chi connectivity index (χ2n) is 2.72. The van der Waals surface area contributed by atoms with Gasteiger partial charge in [0.1, 0.15) is 0 Å². The minimum absolute atomic E-state index is 0.00497. The Morgan fingerprint density at radius 3 is 2.36 bits per heavy atom. The monoisotopic (exact) mass is 207 g/mol. The molecule has 0 aliphatic carbocycles. The molecular formula is C9H6ClN3O. The van der Waals surface area contributed by atoms with E-state index in [1.807, 2.05) is 6.07 Å². The van der Waals surface area contributed by atoms with Crippen molar-refractivity contribution in [3.05, 3.63) is 35.1 Å². The third kappa shape index (κ3) is 1.40. The van der Waals surface area contributed by atoms with Crippen molar-refractivity contribution in [1.82, 2.24) is 9.97 Å². The van der Waals surface area contributed by atoms with Crippen LogP contribution in [0.1, 0.15) is 10.5 Å². The van der Waals surface area contributed by atoms with Crippen molar-refractivity contribution >= 4 is 28.5 Å². The average Bonchev–Trinajstić information content (AvgIpc) is 2.16. The van der Waals surface area contributed by atoms with Crippen LogP contribution in [0.5, 0.6) is 0 Å². The molecule has 14 heavy (non-hydrogen) atoms. The summed E-state index contributed by atoms with van der Waals surface area (Å²) >= 11 is 5.72. The number of primary amides is 1. The van der Waals surface area contributed by atoms with Gasteiger partial charge in [-0.2, -0.15) is 0 Å². The van der Waals surface area contributed by atoms with Gasteiger partial charge < -0.3 is 5.73 Å². The first kappa shape index (κ1) is 8.90. The van der Waals surface area contributed by atoms with Gasteiger partial charge in [-0.25, -0.2) is 9.97 Å². The maximum atomic E-state index is 10.9. The molecule has 0 radical (unpaired) electrons. The first-order valence-electron chi connectivity index (χ1n) is 3.90. The first-order valence-corrected chi connectivity index (χ1v) is 4.28. The van der Waals surface area contributed by atoms with Crippen LogP contribution in [0.25, 0.3) is 11.0 Å². The lowest BCUT2D eigenvalue weighted by Crippen LogP contribution is -2.14. The molecule has 5 heteroatoms. The van der Waals surface area contributed by atoms with E-state index >= 15 is 0 Å². The van der Waals surface area contributed by atoms with E-state index in [4.69, 9.17) is 17.3 Å². The highest BCUT2D eigenvalue weighted by Crippen LogP contribution is 2.15. The van der Waals surface area contributed by atoms with E-state index in [-0.39, 0.29) is 10.8 Å². The number of nitrogens with zero attached hydrogens (tertiary/aromatic N) is 2. The van der Waals surface area contributed by atoms with Crippen molar-refractivity contribution in [2.45, 2.75) is 0 Å². The smallest absolute Gasteiger partial charge is 0.270 e. The van der Waals surface area contributed by atoms with E-state index in [9.17, 15) is 4.79 Å². The quantitative estimate of drug-likeness (QED) is 0.768. The zero-order chi connectivity index (χ0) is 10.1. The van der Waals surface area contributed by atoms with Gasteiger partial charge in [-0.15, -0.1) is 0 Å². The summed E-state index contributed by atoms with van der Waals surface area (Å²) in [7, 11) is 0. The summed E-state index contributed by atoms with van der Waals surface area (Å²) in [5, 5.41) is 0.0381. The van der Waals surface area contributed by atoms with Crippen LogP contribution in [0.2, 0.25) is 5.15 Å². The number of amides is 1. The summed E-state index contributed by atoms with van der Waals surface area (Å²) in [5.41, 5.74) is 6.33. The number of nitrogens with two attached hydrogens (primary N) is 1. The number of hydrogen-bond donors (Lipinski definition) is 1. The number of carbonyl (C=O) groups is 1. The maximum absolute atomic E-state index is 10.9. The Morgan fingerprint density at radius 2 is 1.79 bits per heavy atom. The Balaban J connectivity index is 2.77. The molecule has 1 aromatic heterocycles. The van der Waals surface area contributed by atoms with Gasteiger partial charge >= 0.3 is 0 Å². The van der Waals surface area contributed by atoms with E-state index in [1.165, 1.54) is 0 Å². The molecule has 2 rings (SSSR count). The molecule has 2 aromatic rings. The Bertz CT molecular complexity index is 512. The average molecular weight is 208 g/mol. The fourth-order valence-corrected chi connectivity index (χ4v) is 1.36. The number of fused-ring (bicyclic) bond motifs is 1. The van der Waals surface area contributed by atoms with Gasteiger partial charge in [-0.3, -0.25) is 4.79 Å². The largest absolute Gasteiger partial charge is 0.364 e. The summed E-state index contributed by atoms with van der Waals surface area (Å²) in [4.78, 5) is 18.9. The van der Waals surface area contributed by atoms with E-state index in [2.05, 4.69) is 9.97 Å². The standard InChI is InChI=1S/C9H6ClN3O/c10-8-7(9(11)14)12-5-3-1-2-4-6(5)13-8/h1-4H,(H2,11,14). The van der Waals surface area contributed by atoms with Crippen molar-refractivity contribution in [2.75, 3.05) is 0 Å². The van der Waals surface area contributed by atoms with Crippen LogP contribution in [-0.4, -0.2) is 15.9 Å². The molecule has 0 fully saturated rings. The van der Waals surface area contributed by atoms with Gasteiger partial charge in [0.05, 0.1) is 11.0 Å². The fraction of sp³-hybridized carbons (Fsp3) is 0. The van der Waals surface area contributed by atoms with Crippen molar-refractivity contribution in [3.63, 3.8) is 0 Å². The zero-order valence-electron chi connectivity index (χ0n) is 7.07. The molecule has 0 bridgehead atoms. The Morgan fingerprint density at radius 1 is 1.21 bits per heavy atom. The van der Waals surface area contributed by atoms with Gasteiger partial charge in [0.2, 0.25) is 0 Å². The van der Waals surface area contributed by atoms with Crippen molar-refractivity contribution in [3.8, 4) is 0 Å². The predicted molar refractivity (Wildman–Crippen MR) is 53.1 cm³/mol. The van der Waals surface area contributed by atoms with E-state index in [0.29, 0.717) is 11.0 Å². The summed E-state index contributed by atoms with van der Waals surface area (Å²) in [6.07, 6.45) is 0. The molecular weight excluding hydrogens is 202 g/mol. The predicted octanol–water partition coefficient (Wildman–Crippen LogP) is 1.38. The summed E-state index contributed by atoms with van der Waals surface area (Å²) in [6.45, 7) is 0. The van der Waals surface area contributed by atoms with Crippen molar-refractivity contribution in [1.29, 1.82) is 0 Å². The molecule has 0 saturated carbocycles. The van der Waals surface area contributed by atoms with Crippen LogP contribution in [0.3, 0.4) is 0 Å². The lowest BCUT2D eigenvalue weighted by molar-refractivity contribution is 0.0996. The molecule has 0 atom stereocenters. The molecule has 0 aliphatic heterocycles. The van der Waals surface area contributed by atoms with Crippen molar-refractivity contribution in [2.24, 2.45) is 5.73 Å². The van der Waals surface area contributed by atoms with Crippen LogP contribution in [-0.2, 0) is 0 Å². The summed E-state index contributed by atoms with van der Waals surface area (Å²) in [5.74, 6) is -0.673. The third-order valence-electron chi connectivity index (χ3n) is 1.76. The second-order valence-corrected chi connectivity index (χ2v) is 3.07. The van der Waals surface area contributed by atoms with Crippen LogP contribution < -0.4 is 5.73 Å². The van der Waals surface area contributed by atoms with Crippen LogP contribution in [0, 0.1) is 0 Å². The molecule has 1 heterocycles. The highest BCUT2D eigenvalue weighted by molar-refractivity contribution is 6.32. The molecule has 0 unspecified atom stereocenters. The molecule has 0 aliphatic rings. The number of carbonyl (C=O) groups excluding carboxylic acids is 1. The topological polar surface area (TPSA) is 68.9 Å². The summed E-state index contributed by atoms with van der Waals surface area (Å²) < 4.78 is 0. The number of aromatic nitrogens is 2. The highest BCUT2D eigenvalue weighted by Gasteiger charge is 2.10. The first-order chi connectivity index (χ1) is 6.68. The second kappa shape index (κ2) is 3.23. The molecule has 4 nitrogen and oxygen atoms in total. The van der Waals surface area contributed by atoms with Gasteiger partial charge in [0.15, 0.2) is 10.8 Å². The van der Waals surface area contributed by atoms with Crippen LogP contribution in [0.15, 0.2) is 24.3 Å². The lowest BCUT2D eigenvalue weighted by atomic mass is 10.3. The Hall–Kier alpha value is -1.68. The van der Waals surface area contributed by atoms with Gasteiger partial charge in [-0.1, -0.05) is 23.7 Å². The minimum Gasteiger partial charge on any atom is -0.364 e. The minimum atomic E-state index is -0.673. The zero-order valence-corrected chi connectivity index (χ0v) is 7.82. The highest BCUT2D eigenvalue weighted by atomic mass is 35.5. The Labute approximate surface area is 84.7 Å². The van der Waals surface area contributed by atoms with Gasteiger partial charge in [-0.05, 0) is 12.1 Å². The van der Waals surface area contributed by atoms with Crippen LogP contribution >= 0.6 is 11.6 Å². The lowest BCUT2D eigenvalue weighted by Gasteiger charge is -2.00. The normalized spacial score (nSPS) is 10.4. The molecule has 2 N–H and O–H groups in total. The number of rotatable bonds is 1. The van der Waals surface area contributed by atoms with E-state index < -0.39 is 5.91 Å². The molecule has 0 spiro atoms. The van der Waals surface area contributed by atoms with Crippen molar-refractivity contribution < 1.29 is 4.79 Å². The van der Waals surface area contributed by atoms with E-state index in [0.717, 1.165) is 0 Å². The van der Waals surface area contributed by atoms with Crippen LogP contribution in [0.4, 0.5) is 0 Å². The molecule has 70 valence electrons. The van der Waals surface area contributed by atoms with E-state index in [1.54, 1.807) is 18.2 Å². The molecule has 1 amide bonds. The maximum Gasteiger partial charge on any atom is 0.270 e. The number of halogens is 1. The molecule has 1 aromatic carbocycles. The number of benzene rings is 1. The number of hydrogen-bond acceptors (Lipinski definition) is 3. The summed E-state index contributed by atoms with van der Waals surface area (Å²) in [6, 6.07) is 7.12. The number of para-hydroxylation sites is 2. The van der Waals surface area contributed by atoms with Gasteiger partial charge in [0.25, 0.3) is 5.91 Å². The molecule has 0 saturated heterocycles. The fourth-order valence-electron chi connectivity index (χ4n) is 1.14.